The fourth-order valence-corrected chi connectivity index (χ4v) is 4.33. The molecule has 3 rings (SSSR count). The lowest BCUT2D eigenvalue weighted by Crippen LogP contribution is -2.47. The van der Waals surface area contributed by atoms with Crippen LogP contribution in [0.5, 0.6) is 0 Å². The number of aliphatic hydroxyl groups is 1. The Bertz CT molecular complexity index is 552. The number of rotatable bonds is 5. The highest BCUT2D eigenvalue weighted by Crippen LogP contribution is 2.41. The van der Waals surface area contributed by atoms with E-state index in [1.165, 1.54) is 43.2 Å². The van der Waals surface area contributed by atoms with Gasteiger partial charge < -0.3 is 15.3 Å². The molecule has 132 valence electrons. The zero-order chi connectivity index (χ0) is 16.9. The molecule has 4 heteroatoms. The van der Waals surface area contributed by atoms with Crippen molar-refractivity contribution in [3.05, 3.63) is 35.4 Å². The number of aliphatic hydroxyl groups excluding tert-OH is 1. The molecule has 0 saturated heterocycles. The van der Waals surface area contributed by atoms with Gasteiger partial charge in [-0.2, -0.15) is 0 Å². The van der Waals surface area contributed by atoms with Crippen molar-refractivity contribution < 1.29 is 9.90 Å². The Labute approximate surface area is 145 Å². The van der Waals surface area contributed by atoms with E-state index in [9.17, 15) is 9.90 Å². The van der Waals surface area contributed by atoms with Crippen LogP contribution in [0, 0.1) is 5.92 Å². The maximum atomic E-state index is 12.8. The molecule has 1 aliphatic heterocycles. The predicted octanol–water partition coefficient (Wildman–Crippen LogP) is 2.66. The smallest absolute Gasteiger partial charge is 0.237 e. The summed E-state index contributed by atoms with van der Waals surface area (Å²) in [7, 11) is 0. The van der Waals surface area contributed by atoms with E-state index in [1.54, 1.807) is 6.92 Å². The van der Waals surface area contributed by atoms with Crippen LogP contribution >= 0.6 is 0 Å². The minimum Gasteiger partial charge on any atom is -0.392 e. The molecule has 1 unspecified atom stereocenters. The van der Waals surface area contributed by atoms with E-state index >= 15 is 0 Å². The van der Waals surface area contributed by atoms with E-state index in [0.29, 0.717) is 19.0 Å². The first kappa shape index (κ1) is 17.4. The number of amides is 1. The number of benzene rings is 1. The summed E-state index contributed by atoms with van der Waals surface area (Å²) in [5.41, 5.74) is 2.77. The van der Waals surface area contributed by atoms with Crippen LogP contribution in [0.3, 0.4) is 0 Å². The average molecular weight is 330 g/mol. The molecule has 2 aliphatic rings. The monoisotopic (exact) mass is 330 g/mol. The summed E-state index contributed by atoms with van der Waals surface area (Å²) in [6.45, 7) is 3.33. The van der Waals surface area contributed by atoms with E-state index in [-0.39, 0.29) is 11.9 Å². The quantitative estimate of drug-likeness (QED) is 0.873. The van der Waals surface area contributed by atoms with Crippen molar-refractivity contribution in [2.24, 2.45) is 5.92 Å². The Balaban J connectivity index is 1.78. The molecule has 1 amide bonds. The van der Waals surface area contributed by atoms with Gasteiger partial charge in [0.1, 0.15) is 0 Å². The van der Waals surface area contributed by atoms with Crippen LogP contribution in [0.1, 0.15) is 56.2 Å². The first-order chi connectivity index (χ1) is 11.7. The Morgan fingerprint density at radius 3 is 2.79 bits per heavy atom. The van der Waals surface area contributed by atoms with Gasteiger partial charge in [0.25, 0.3) is 0 Å². The van der Waals surface area contributed by atoms with Crippen LogP contribution in [-0.2, 0) is 11.2 Å². The maximum absolute atomic E-state index is 12.8. The third kappa shape index (κ3) is 3.98. The predicted molar refractivity (Wildman–Crippen MR) is 95.7 cm³/mol. The standard InChI is InChI=1S/C20H30N2O2/c1-15(23)13-21-14-19(24)22-12-11-16-7-5-6-10-18(16)20(22)17-8-3-2-4-9-17/h5-7,10,15,17,20-21,23H,2-4,8-9,11-14H2,1H3/t15-,20?/m1/s1. The van der Waals surface area contributed by atoms with Crippen LogP contribution in [0.2, 0.25) is 0 Å². The van der Waals surface area contributed by atoms with Gasteiger partial charge in [0, 0.05) is 13.1 Å². The second kappa shape index (κ2) is 8.13. The van der Waals surface area contributed by atoms with Gasteiger partial charge in [-0.3, -0.25) is 4.79 Å². The zero-order valence-corrected chi connectivity index (χ0v) is 14.7. The van der Waals surface area contributed by atoms with Gasteiger partial charge in [-0.05, 0) is 43.2 Å². The largest absolute Gasteiger partial charge is 0.392 e. The fraction of sp³-hybridized carbons (Fsp3) is 0.650. The first-order valence-corrected chi connectivity index (χ1v) is 9.43. The van der Waals surface area contributed by atoms with E-state index in [4.69, 9.17) is 0 Å². The van der Waals surface area contributed by atoms with E-state index in [1.807, 2.05) is 0 Å². The molecule has 1 fully saturated rings. The van der Waals surface area contributed by atoms with Gasteiger partial charge in [0.15, 0.2) is 0 Å². The third-order valence-electron chi connectivity index (χ3n) is 5.46. The van der Waals surface area contributed by atoms with Crippen molar-refractivity contribution in [2.75, 3.05) is 19.6 Å². The summed E-state index contributed by atoms with van der Waals surface area (Å²) < 4.78 is 0. The molecule has 24 heavy (non-hydrogen) atoms. The van der Waals surface area contributed by atoms with Crippen LogP contribution in [0.25, 0.3) is 0 Å². The molecular formula is C20H30N2O2. The lowest BCUT2D eigenvalue weighted by molar-refractivity contribution is -0.134. The number of fused-ring (bicyclic) bond motifs is 1. The van der Waals surface area contributed by atoms with Crippen molar-refractivity contribution in [1.29, 1.82) is 0 Å². The van der Waals surface area contributed by atoms with Crippen molar-refractivity contribution in [2.45, 2.75) is 57.6 Å². The van der Waals surface area contributed by atoms with E-state index in [0.717, 1.165) is 13.0 Å². The second-order valence-corrected chi connectivity index (χ2v) is 7.36. The third-order valence-corrected chi connectivity index (χ3v) is 5.46. The number of hydrogen-bond donors (Lipinski definition) is 2. The summed E-state index contributed by atoms with van der Waals surface area (Å²) in [5.74, 6) is 0.752. The van der Waals surface area contributed by atoms with Gasteiger partial charge in [-0.15, -0.1) is 0 Å². The molecule has 4 nitrogen and oxygen atoms in total. The second-order valence-electron chi connectivity index (χ2n) is 7.36. The Morgan fingerprint density at radius 1 is 1.29 bits per heavy atom. The molecule has 1 heterocycles. The van der Waals surface area contributed by atoms with Crippen LogP contribution in [-0.4, -0.2) is 41.7 Å². The van der Waals surface area contributed by atoms with E-state index in [2.05, 4.69) is 34.5 Å². The fourth-order valence-electron chi connectivity index (χ4n) is 4.33. The topological polar surface area (TPSA) is 52.6 Å². The summed E-state index contributed by atoms with van der Waals surface area (Å²) in [5, 5.41) is 12.5. The number of hydrogen-bond acceptors (Lipinski definition) is 3. The highest BCUT2D eigenvalue weighted by atomic mass is 16.3. The summed E-state index contributed by atoms with van der Waals surface area (Å²) in [4.78, 5) is 14.9. The lowest BCUT2D eigenvalue weighted by atomic mass is 9.77. The Kier molecular flexibility index (Phi) is 5.90. The minimum absolute atomic E-state index is 0.167. The molecule has 0 aromatic heterocycles. The number of nitrogens with zero attached hydrogens (tertiary/aromatic N) is 1. The van der Waals surface area contributed by atoms with Crippen molar-refractivity contribution >= 4 is 5.91 Å². The maximum Gasteiger partial charge on any atom is 0.237 e. The highest BCUT2D eigenvalue weighted by Gasteiger charge is 2.36. The van der Waals surface area contributed by atoms with Gasteiger partial charge in [-0.25, -0.2) is 0 Å². The van der Waals surface area contributed by atoms with Gasteiger partial charge in [0.05, 0.1) is 18.7 Å². The van der Waals surface area contributed by atoms with Crippen LogP contribution in [0.15, 0.2) is 24.3 Å². The summed E-state index contributed by atoms with van der Waals surface area (Å²) in [6, 6.07) is 8.89. The minimum atomic E-state index is -0.422. The number of carbonyl (C=O) groups is 1. The number of nitrogens with one attached hydrogen (secondary N) is 1. The van der Waals surface area contributed by atoms with Gasteiger partial charge in [-0.1, -0.05) is 43.5 Å². The summed E-state index contributed by atoms with van der Waals surface area (Å²) >= 11 is 0. The molecule has 0 spiro atoms. The molecule has 2 atom stereocenters. The Morgan fingerprint density at radius 2 is 2.04 bits per heavy atom. The number of carbonyl (C=O) groups excluding carboxylic acids is 1. The first-order valence-electron chi connectivity index (χ1n) is 9.43. The molecule has 1 aromatic carbocycles. The zero-order valence-electron chi connectivity index (χ0n) is 14.7. The Hall–Kier alpha value is -1.39. The molecule has 0 bridgehead atoms. The SMILES string of the molecule is C[C@@H](O)CNCC(=O)N1CCc2ccccc2C1C1CCCCC1. The molecule has 1 aliphatic carbocycles. The molecule has 1 aromatic rings. The van der Waals surface area contributed by atoms with E-state index < -0.39 is 6.10 Å². The van der Waals surface area contributed by atoms with Crippen molar-refractivity contribution in [1.82, 2.24) is 10.2 Å². The highest BCUT2D eigenvalue weighted by molar-refractivity contribution is 5.79. The molecule has 1 saturated carbocycles. The van der Waals surface area contributed by atoms with Crippen molar-refractivity contribution in [3.8, 4) is 0 Å². The lowest BCUT2D eigenvalue weighted by Gasteiger charge is -2.43. The molecule has 2 N–H and O–H groups in total. The van der Waals surface area contributed by atoms with Gasteiger partial charge in [0.2, 0.25) is 5.91 Å². The van der Waals surface area contributed by atoms with Crippen LogP contribution in [0.4, 0.5) is 0 Å². The molecule has 0 radical (unpaired) electrons. The van der Waals surface area contributed by atoms with Crippen molar-refractivity contribution in [3.63, 3.8) is 0 Å². The van der Waals surface area contributed by atoms with Gasteiger partial charge >= 0.3 is 0 Å². The van der Waals surface area contributed by atoms with Crippen LogP contribution < -0.4 is 5.32 Å². The molecular weight excluding hydrogens is 300 g/mol. The average Bonchev–Trinajstić information content (AvgIpc) is 2.61. The normalized spacial score (nSPS) is 22.9. The summed E-state index contributed by atoms with van der Waals surface area (Å²) in [6.07, 6.45) is 6.87.